The molecule has 2 aromatic heterocycles. The number of nitrogens with zero attached hydrogens (tertiary/aromatic N) is 3. The van der Waals surface area contributed by atoms with Gasteiger partial charge >= 0.3 is 0 Å². The minimum absolute atomic E-state index is 0.158. The summed E-state index contributed by atoms with van der Waals surface area (Å²) in [5.74, 6) is 0. The van der Waals surface area contributed by atoms with Crippen molar-refractivity contribution in [3.05, 3.63) is 71.3 Å². The van der Waals surface area contributed by atoms with Gasteiger partial charge in [-0.25, -0.2) is 8.42 Å². The highest BCUT2D eigenvalue weighted by molar-refractivity contribution is 7.92. The number of aryl methyl sites for hydroxylation is 3. The molecule has 0 radical (unpaired) electrons. The molecule has 0 fully saturated rings. The summed E-state index contributed by atoms with van der Waals surface area (Å²) in [6.07, 6.45) is 3.21. The highest BCUT2D eigenvalue weighted by Crippen LogP contribution is 2.18. The summed E-state index contributed by atoms with van der Waals surface area (Å²) in [6.45, 7) is 4.12. The Hall–Kier alpha value is -2.75. The van der Waals surface area contributed by atoms with Crippen molar-refractivity contribution in [1.29, 1.82) is 0 Å². The van der Waals surface area contributed by atoms with Gasteiger partial charge in [0.25, 0.3) is 10.0 Å². The quantitative estimate of drug-likeness (QED) is 0.485. The van der Waals surface area contributed by atoms with Crippen molar-refractivity contribution in [1.82, 2.24) is 20.1 Å². The summed E-state index contributed by atoms with van der Waals surface area (Å²) in [4.78, 5) is 4.40. The Bertz CT molecular complexity index is 1060. The van der Waals surface area contributed by atoms with E-state index in [1.165, 1.54) is 12.1 Å². The van der Waals surface area contributed by atoms with Gasteiger partial charge in [-0.15, -0.1) is 0 Å². The number of aliphatic hydroxyl groups is 1. The lowest BCUT2D eigenvalue weighted by atomic mass is 10.1. The molecule has 8 nitrogen and oxygen atoms in total. The van der Waals surface area contributed by atoms with Gasteiger partial charge in [-0.1, -0.05) is 12.1 Å². The number of sulfonamides is 1. The summed E-state index contributed by atoms with van der Waals surface area (Å²) >= 11 is 0. The first kappa shape index (κ1) is 21.0. The van der Waals surface area contributed by atoms with Crippen LogP contribution in [0.5, 0.6) is 0 Å². The zero-order chi connectivity index (χ0) is 21.0. The molecule has 154 valence electrons. The highest BCUT2D eigenvalue weighted by Gasteiger charge is 2.15. The SMILES string of the molecule is Cc1cc(NS(=O)(=O)c2ccc(CC(O)NCc3cnn(C)c3)cc2)cc(C)n1. The van der Waals surface area contributed by atoms with Crippen molar-refractivity contribution < 1.29 is 13.5 Å². The Labute approximate surface area is 170 Å². The average molecular weight is 416 g/mol. The minimum atomic E-state index is -3.70. The standard InChI is InChI=1S/C20H25N5O3S/c1-14-8-18(9-15(2)23-14)24-29(27,28)19-6-4-16(5-7-19)10-20(26)21-11-17-12-22-25(3)13-17/h4-9,12-13,20-21,26H,10-11H2,1-3H3,(H,23,24). The van der Waals surface area contributed by atoms with E-state index in [0.717, 1.165) is 22.5 Å². The molecule has 0 spiro atoms. The monoisotopic (exact) mass is 415 g/mol. The van der Waals surface area contributed by atoms with Crippen LogP contribution in [0, 0.1) is 13.8 Å². The van der Waals surface area contributed by atoms with Gasteiger partial charge in [0.05, 0.1) is 16.8 Å². The number of anilines is 1. The lowest BCUT2D eigenvalue weighted by Crippen LogP contribution is -2.30. The second-order valence-electron chi connectivity index (χ2n) is 7.01. The van der Waals surface area contributed by atoms with Gasteiger partial charge in [-0.3, -0.25) is 19.7 Å². The fourth-order valence-corrected chi connectivity index (χ4v) is 4.05. The molecule has 3 rings (SSSR count). The highest BCUT2D eigenvalue weighted by atomic mass is 32.2. The van der Waals surface area contributed by atoms with Crippen molar-refractivity contribution in [3.63, 3.8) is 0 Å². The van der Waals surface area contributed by atoms with Gasteiger partial charge in [0.15, 0.2) is 0 Å². The summed E-state index contributed by atoms with van der Waals surface area (Å²) in [6, 6.07) is 9.84. The van der Waals surface area contributed by atoms with Gasteiger partial charge in [0.2, 0.25) is 0 Å². The van der Waals surface area contributed by atoms with Gasteiger partial charge in [0.1, 0.15) is 6.23 Å². The third kappa shape index (κ3) is 5.86. The first-order chi connectivity index (χ1) is 13.7. The van der Waals surface area contributed by atoms with Crippen molar-refractivity contribution in [2.24, 2.45) is 7.05 Å². The van der Waals surface area contributed by atoms with Crippen LogP contribution in [-0.4, -0.2) is 34.5 Å². The van der Waals surface area contributed by atoms with Crippen LogP contribution in [-0.2, 0) is 30.0 Å². The van der Waals surface area contributed by atoms with Crippen molar-refractivity contribution in [2.75, 3.05) is 4.72 Å². The van der Waals surface area contributed by atoms with E-state index in [9.17, 15) is 13.5 Å². The Morgan fingerprint density at radius 2 is 1.76 bits per heavy atom. The molecule has 1 atom stereocenters. The Morgan fingerprint density at radius 1 is 1.10 bits per heavy atom. The van der Waals surface area contributed by atoms with Gasteiger partial charge in [-0.05, 0) is 43.7 Å². The van der Waals surface area contributed by atoms with E-state index in [-0.39, 0.29) is 4.90 Å². The smallest absolute Gasteiger partial charge is 0.261 e. The van der Waals surface area contributed by atoms with Crippen LogP contribution in [0.2, 0.25) is 0 Å². The summed E-state index contributed by atoms with van der Waals surface area (Å²) < 4.78 is 29.5. The number of rotatable bonds is 8. The van der Waals surface area contributed by atoms with Crippen molar-refractivity contribution >= 4 is 15.7 Å². The molecule has 0 aliphatic heterocycles. The molecule has 1 unspecified atom stereocenters. The predicted octanol–water partition coefficient (Wildman–Crippen LogP) is 1.88. The third-order valence-corrected chi connectivity index (χ3v) is 5.69. The van der Waals surface area contributed by atoms with Crippen LogP contribution in [0.4, 0.5) is 5.69 Å². The minimum Gasteiger partial charge on any atom is -0.378 e. The number of pyridine rings is 1. The van der Waals surface area contributed by atoms with Gasteiger partial charge in [-0.2, -0.15) is 5.10 Å². The summed E-state index contributed by atoms with van der Waals surface area (Å²) in [5, 5.41) is 17.3. The van der Waals surface area contributed by atoms with Gasteiger partial charge in [0, 0.05) is 43.2 Å². The van der Waals surface area contributed by atoms with Crippen LogP contribution in [0.1, 0.15) is 22.5 Å². The topological polar surface area (TPSA) is 109 Å². The summed E-state index contributed by atoms with van der Waals surface area (Å²) in [5.41, 5.74) is 3.76. The van der Waals surface area contributed by atoms with Crippen LogP contribution < -0.4 is 10.0 Å². The molecular weight excluding hydrogens is 390 g/mol. The maximum atomic E-state index is 12.6. The second kappa shape index (κ2) is 8.73. The van der Waals surface area contributed by atoms with Gasteiger partial charge < -0.3 is 5.11 Å². The molecule has 1 aromatic carbocycles. The Kier molecular flexibility index (Phi) is 6.31. The molecule has 29 heavy (non-hydrogen) atoms. The maximum absolute atomic E-state index is 12.6. The number of aliphatic hydroxyl groups excluding tert-OH is 1. The fourth-order valence-electron chi connectivity index (χ4n) is 3.01. The molecule has 0 aliphatic carbocycles. The van der Waals surface area contributed by atoms with Crippen molar-refractivity contribution in [3.8, 4) is 0 Å². The molecule has 3 aromatic rings. The number of hydrogen-bond donors (Lipinski definition) is 3. The lowest BCUT2D eigenvalue weighted by molar-refractivity contribution is 0.135. The molecule has 2 heterocycles. The molecular formula is C20H25N5O3S. The Balaban J connectivity index is 1.61. The zero-order valence-electron chi connectivity index (χ0n) is 16.6. The third-order valence-electron chi connectivity index (χ3n) is 4.30. The van der Waals surface area contributed by atoms with Crippen LogP contribution >= 0.6 is 0 Å². The molecule has 0 saturated carbocycles. The largest absolute Gasteiger partial charge is 0.378 e. The maximum Gasteiger partial charge on any atom is 0.261 e. The van der Waals surface area contributed by atoms with Crippen LogP contribution in [0.15, 0.2) is 53.7 Å². The predicted molar refractivity (Wildman–Crippen MR) is 111 cm³/mol. The van der Waals surface area contributed by atoms with E-state index >= 15 is 0 Å². The number of benzene rings is 1. The average Bonchev–Trinajstić information content (AvgIpc) is 3.04. The van der Waals surface area contributed by atoms with E-state index in [1.807, 2.05) is 27.1 Å². The Morgan fingerprint density at radius 3 is 2.34 bits per heavy atom. The van der Waals surface area contributed by atoms with Crippen LogP contribution in [0.25, 0.3) is 0 Å². The first-order valence-electron chi connectivity index (χ1n) is 9.17. The molecule has 0 amide bonds. The first-order valence-corrected chi connectivity index (χ1v) is 10.7. The summed E-state index contributed by atoms with van der Waals surface area (Å²) in [7, 11) is -1.87. The lowest BCUT2D eigenvalue weighted by Gasteiger charge is -2.13. The van der Waals surface area contributed by atoms with E-state index < -0.39 is 16.3 Å². The number of aromatic nitrogens is 3. The molecule has 0 aliphatic rings. The second-order valence-corrected chi connectivity index (χ2v) is 8.69. The van der Waals surface area contributed by atoms with E-state index in [2.05, 4.69) is 20.1 Å². The van der Waals surface area contributed by atoms with E-state index in [1.54, 1.807) is 35.1 Å². The van der Waals surface area contributed by atoms with Crippen LogP contribution in [0.3, 0.4) is 0 Å². The normalized spacial score (nSPS) is 12.7. The molecule has 3 N–H and O–H groups in total. The molecule has 0 bridgehead atoms. The van der Waals surface area contributed by atoms with E-state index in [4.69, 9.17) is 0 Å². The zero-order valence-corrected chi connectivity index (χ0v) is 17.4. The van der Waals surface area contributed by atoms with Crippen molar-refractivity contribution in [2.45, 2.75) is 37.9 Å². The molecule has 0 saturated heterocycles. The fraction of sp³-hybridized carbons (Fsp3) is 0.300. The number of hydrogen-bond acceptors (Lipinski definition) is 6. The molecule has 9 heteroatoms. The van der Waals surface area contributed by atoms with E-state index in [0.29, 0.717) is 18.7 Å². The number of nitrogens with one attached hydrogen (secondary N) is 2.